The van der Waals surface area contributed by atoms with E-state index >= 15 is 0 Å². The first-order valence-electron chi connectivity index (χ1n) is 9.46. The van der Waals surface area contributed by atoms with Gasteiger partial charge in [-0.15, -0.1) is 0 Å². The molecule has 0 aliphatic heterocycles. The molecule has 0 bridgehead atoms. The summed E-state index contributed by atoms with van der Waals surface area (Å²) in [4.78, 5) is 25.1. The number of hydrogen-bond acceptors (Lipinski definition) is 6. The van der Waals surface area contributed by atoms with Gasteiger partial charge in [0, 0.05) is 24.5 Å². The molecule has 0 unspecified atom stereocenters. The summed E-state index contributed by atoms with van der Waals surface area (Å²) in [6, 6.07) is 3.60. The third kappa shape index (κ3) is 4.16. The molecule has 0 fully saturated rings. The molecule has 0 spiro atoms. The molecule has 28 heavy (non-hydrogen) atoms. The van der Waals surface area contributed by atoms with Crippen LogP contribution in [0.15, 0.2) is 47.0 Å². The average molecular weight is 378 g/mol. The minimum absolute atomic E-state index is 0.182. The van der Waals surface area contributed by atoms with Crippen LogP contribution in [-0.2, 0) is 0 Å². The van der Waals surface area contributed by atoms with E-state index in [9.17, 15) is 4.79 Å². The highest BCUT2D eigenvalue weighted by molar-refractivity contribution is 5.92. The SMILES string of the molecule is Cc1noc(-c2ccnc(-n3cnc(C(=O)NCCC4=CCCCC4)c3)c2)n1. The van der Waals surface area contributed by atoms with Crippen LogP contribution >= 0.6 is 0 Å². The molecule has 4 rings (SSSR count). The predicted octanol–water partition coefficient (Wildman–Crippen LogP) is 3.25. The standard InChI is InChI=1S/C20H22N6O2/c1-14-24-20(28-25-14)16-8-10-21-18(11-16)26-12-17(23-13-26)19(27)22-9-7-15-5-3-2-4-6-15/h5,8,10-13H,2-4,6-7,9H2,1H3,(H,22,27). The van der Waals surface area contributed by atoms with Crippen molar-refractivity contribution in [2.45, 2.75) is 39.0 Å². The third-order valence-corrected chi connectivity index (χ3v) is 4.72. The second kappa shape index (κ2) is 8.16. The fourth-order valence-electron chi connectivity index (χ4n) is 3.23. The Balaban J connectivity index is 1.41. The van der Waals surface area contributed by atoms with Crippen LogP contribution in [-0.4, -0.2) is 37.1 Å². The van der Waals surface area contributed by atoms with Gasteiger partial charge in [-0.2, -0.15) is 4.98 Å². The van der Waals surface area contributed by atoms with Gasteiger partial charge in [-0.1, -0.05) is 16.8 Å². The zero-order chi connectivity index (χ0) is 19.3. The average Bonchev–Trinajstić information content (AvgIpc) is 3.38. The number of aryl methyl sites for hydroxylation is 1. The zero-order valence-corrected chi connectivity index (χ0v) is 15.8. The molecule has 1 N–H and O–H groups in total. The molecule has 3 aromatic heterocycles. The summed E-state index contributed by atoms with van der Waals surface area (Å²) in [6.45, 7) is 2.39. The number of imidazole rings is 1. The molecule has 1 aliphatic carbocycles. The highest BCUT2D eigenvalue weighted by Crippen LogP contribution is 2.20. The molecule has 3 aromatic rings. The molecular weight excluding hydrogens is 356 g/mol. The summed E-state index contributed by atoms with van der Waals surface area (Å²) < 4.78 is 6.90. The Bertz CT molecular complexity index is 1000. The number of nitrogens with zero attached hydrogens (tertiary/aromatic N) is 5. The number of carbonyl (C=O) groups excluding carboxylic acids is 1. The van der Waals surface area contributed by atoms with E-state index in [1.807, 2.05) is 6.07 Å². The van der Waals surface area contributed by atoms with Crippen molar-refractivity contribution in [2.75, 3.05) is 6.54 Å². The highest BCUT2D eigenvalue weighted by atomic mass is 16.5. The molecule has 8 heteroatoms. The van der Waals surface area contributed by atoms with E-state index in [1.165, 1.54) is 18.4 Å². The second-order valence-corrected chi connectivity index (χ2v) is 6.83. The van der Waals surface area contributed by atoms with Crippen molar-refractivity contribution in [3.05, 3.63) is 54.0 Å². The largest absolute Gasteiger partial charge is 0.350 e. The van der Waals surface area contributed by atoms with Crippen molar-refractivity contribution >= 4 is 5.91 Å². The van der Waals surface area contributed by atoms with Gasteiger partial charge in [0.2, 0.25) is 0 Å². The smallest absolute Gasteiger partial charge is 0.271 e. The number of allylic oxidation sites excluding steroid dienone is 1. The lowest BCUT2D eigenvalue weighted by Crippen LogP contribution is -2.25. The number of nitrogens with one attached hydrogen (secondary N) is 1. The first kappa shape index (κ1) is 18.1. The zero-order valence-electron chi connectivity index (χ0n) is 15.8. The van der Waals surface area contributed by atoms with Crippen molar-refractivity contribution in [3.8, 4) is 17.3 Å². The van der Waals surface area contributed by atoms with Crippen LogP contribution in [0.3, 0.4) is 0 Å². The maximum atomic E-state index is 12.4. The molecule has 1 aliphatic rings. The Morgan fingerprint density at radius 1 is 1.32 bits per heavy atom. The number of aromatic nitrogens is 5. The Kier molecular flexibility index (Phi) is 5.27. The first-order valence-corrected chi connectivity index (χ1v) is 9.46. The van der Waals surface area contributed by atoms with Crippen LogP contribution in [0.2, 0.25) is 0 Å². The van der Waals surface area contributed by atoms with E-state index in [1.54, 1.807) is 36.3 Å². The second-order valence-electron chi connectivity index (χ2n) is 6.83. The van der Waals surface area contributed by atoms with E-state index in [4.69, 9.17) is 4.52 Å². The summed E-state index contributed by atoms with van der Waals surface area (Å²) in [5.41, 5.74) is 2.55. The molecule has 0 saturated heterocycles. The summed E-state index contributed by atoms with van der Waals surface area (Å²) >= 11 is 0. The van der Waals surface area contributed by atoms with E-state index < -0.39 is 0 Å². The minimum atomic E-state index is -0.182. The number of hydrogen-bond donors (Lipinski definition) is 1. The molecule has 0 atom stereocenters. The molecule has 0 radical (unpaired) electrons. The van der Waals surface area contributed by atoms with Crippen molar-refractivity contribution in [1.29, 1.82) is 0 Å². The molecule has 3 heterocycles. The Labute approximate surface area is 162 Å². The molecule has 144 valence electrons. The van der Waals surface area contributed by atoms with Crippen LogP contribution in [0, 0.1) is 6.92 Å². The van der Waals surface area contributed by atoms with Crippen molar-refractivity contribution in [2.24, 2.45) is 0 Å². The predicted molar refractivity (Wildman–Crippen MR) is 103 cm³/mol. The fourth-order valence-corrected chi connectivity index (χ4v) is 3.23. The Hall–Kier alpha value is -3.29. The van der Waals surface area contributed by atoms with Crippen LogP contribution in [0.1, 0.15) is 48.4 Å². The number of pyridine rings is 1. The molecule has 0 saturated carbocycles. The van der Waals surface area contributed by atoms with Crippen LogP contribution in [0.4, 0.5) is 0 Å². The minimum Gasteiger partial charge on any atom is -0.350 e. The lowest BCUT2D eigenvalue weighted by Gasteiger charge is -2.12. The normalized spacial score (nSPS) is 14.0. The van der Waals surface area contributed by atoms with Gasteiger partial charge in [-0.25, -0.2) is 9.97 Å². The molecule has 8 nitrogen and oxygen atoms in total. The van der Waals surface area contributed by atoms with Gasteiger partial charge < -0.3 is 9.84 Å². The number of carbonyl (C=O) groups is 1. The topological polar surface area (TPSA) is 98.7 Å². The summed E-state index contributed by atoms with van der Waals surface area (Å²) in [5, 5.41) is 6.74. The van der Waals surface area contributed by atoms with Gasteiger partial charge in [-0.05, 0) is 51.2 Å². The van der Waals surface area contributed by atoms with Gasteiger partial charge in [-0.3, -0.25) is 9.36 Å². The van der Waals surface area contributed by atoms with Crippen LogP contribution < -0.4 is 5.32 Å². The van der Waals surface area contributed by atoms with Gasteiger partial charge in [0.15, 0.2) is 5.82 Å². The molecule has 0 aromatic carbocycles. The molecule has 1 amide bonds. The Morgan fingerprint density at radius 2 is 2.25 bits per heavy atom. The van der Waals surface area contributed by atoms with Gasteiger partial charge >= 0.3 is 0 Å². The van der Waals surface area contributed by atoms with Crippen molar-refractivity contribution < 1.29 is 9.32 Å². The maximum absolute atomic E-state index is 12.4. The van der Waals surface area contributed by atoms with E-state index in [0.717, 1.165) is 24.8 Å². The third-order valence-electron chi connectivity index (χ3n) is 4.72. The Morgan fingerprint density at radius 3 is 3.04 bits per heavy atom. The fraction of sp³-hybridized carbons (Fsp3) is 0.350. The lowest BCUT2D eigenvalue weighted by molar-refractivity contribution is 0.0949. The number of rotatable bonds is 6. The van der Waals surface area contributed by atoms with E-state index in [0.29, 0.717) is 29.8 Å². The summed E-state index contributed by atoms with van der Waals surface area (Å²) in [7, 11) is 0. The maximum Gasteiger partial charge on any atom is 0.271 e. The quantitative estimate of drug-likeness (QED) is 0.661. The van der Waals surface area contributed by atoms with Gasteiger partial charge in [0.25, 0.3) is 11.8 Å². The molecular formula is C20H22N6O2. The van der Waals surface area contributed by atoms with Gasteiger partial charge in [0.05, 0.1) is 0 Å². The lowest BCUT2D eigenvalue weighted by atomic mass is 9.97. The van der Waals surface area contributed by atoms with Crippen LogP contribution in [0.5, 0.6) is 0 Å². The first-order chi connectivity index (χ1) is 13.7. The van der Waals surface area contributed by atoms with Gasteiger partial charge in [0.1, 0.15) is 17.8 Å². The summed E-state index contributed by atoms with van der Waals surface area (Å²) in [5.74, 6) is 1.43. The monoisotopic (exact) mass is 378 g/mol. The van der Waals surface area contributed by atoms with E-state index in [2.05, 4.69) is 31.5 Å². The van der Waals surface area contributed by atoms with Crippen LogP contribution in [0.25, 0.3) is 17.3 Å². The number of amides is 1. The van der Waals surface area contributed by atoms with Crippen molar-refractivity contribution in [3.63, 3.8) is 0 Å². The van der Waals surface area contributed by atoms with Crippen molar-refractivity contribution in [1.82, 2.24) is 30.0 Å². The summed E-state index contributed by atoms with van der Waals surface area (Å²) in [6.07, 6.45) is 12.9. The van der Waals surface area contributed by atoms with E-state index in [-0.39, 0.29) is 5.91 Å². The highest BCUT2D eigenvalue weighted by Gasteiger charge is 2.13.